The van der Waals surface area contributed by atoms with Crippen molar-refractivity contribution in [1.82, 2.24) is 25.1 Å². The lowest BCUT2D eigenvalue weighted by molar-refractivity contribution is -0.162. The van der Waals surface area contributed by atoms with Gasteiger partial charge in [-0.2, -0.15) is 0 Å². The minimum atomic E-state index is 0.391. The highest BCUT2D eigenvalue weighted by molar-refractivity contribution is 5.10. The summed E-state index contributed by atoms with van der Waals surface area (Å²) in [6, 6.07) is 1.17. The number of hydrogen-bond donors (Lipinski definition) is 0. The Morgan fingerprint density at radius 1 is 1.32 bits per heavy atom. The second kappa shape index (κ2) is 5.57. The number of hydrogen-bond acceptors (Lipinski definition) is 5. The Morgan fingerprint density at radius 2 is 2.09 bits per heavy atom. The van der Waals surface area contributed by atoms with E-state index in [0.717, 1.165) is 25.4 Å². The largest absolute Gasteiger partial charge is 0.378 e. The zero-order chi connectivity index (χ0) is 15.2. The first-order valence-electron chi connectivity index (χ1n) is 8.83. The van der Waals surface area contributed by atoms with Crippen LogP contribution in [0.3, 0.4) is 0 Å². The Bertz CT molecular complexity index is 520. The number of tetrazole rings is 1. The van der Waals surface area contributed by atoms with Gasteiger partial charge in [-0.1, -0.05) is 12.8 Å². The summed E-state index contributed by atoms with van der Waals surface area (Å²) in [7, 11) is 2.23. The molecule has 22 heavy (non-hydrogen) atoms. The van der Waals surface area contributed by atoms with Crippen LogP contribution in [0.15, 0.2) is 0 Å². The van der Waals surface area contributed by atoms with Crippen LogP contribution >= 0.6 is 0 Å². The molecule has 0 N–H and O–H groups in total. The Hall–Kier alpha value is -1.01. The van der Waals surface area contributed by atoms with Crippen LogP contribution in [-0.4, -0.2) is 50.9 Å². The van der Waals surface area contributed by atoms with Gasteiger partial charge in [0.2, 0.25) is 0 Å². The molecule has 0 bridgehead atoms. The van der Waals surface area contributed by atoms with Crippen molar-refractivity contribution in [2.45, 2.75) is 76.6 Å². The molecule has 3 aliphatic rings. The molecule has 2 atom stereocenters. The SMILES string of the molecule is CCO[C@H]1C[C@@H](N(C)Cc2nnnn2C2CC2)C12CCCC2. The van der Waals surface area contributed by atoms with Gasteiger partial charge in [0.25, 0.3) is 0 Å². The Balaban J connectivity index is 1.46. The van der Waals surface area contributed by atoms with E-state index < -0.39 is 0 Å². The molecule has 0 aromatic carbocycles. The van der Waals surface area contributed by atoms with Crippen molar-refractivity contribution in [2.75, 3.05) is 13.7 Å². The summed E-state index contributed by atoms with van der Waals surface area (Å²) < 4.78 is 8.07. The van der Waals surface area contributed by atoms with Crippen molar-refractivity contribution in [3.63, 3.8) is 0 Å². The van der Waals surface area contributed by atoms with Gasteiger partial charge >= 0.3 is 0 Å². The maximum atomic E-state index is 6.03. The van der Waals surface area contributed by atoms with Crippen molar-refractivity contribution in [3.8, 4) is 0 Å². The predicted molar refractivity (Wildman–Crippen MR) is 82.3 cm³/mol. The first-order valence-corrected chi connectivity index (χ1v) is 8.83. The molecule has 6 nitrogen and oxygen atoms in total. The minimum absolute atomic E-state index is 0.391. The van der Waals surface area contributed by atoms with Crippen molar-refractivity contribution in [3.05, 3.63) is 5.82 Å². The van der Waals surface area contributed by atoms with Gasteiger partial charge in [0.1, 0.15) is 0 Å². The molecule has 6 heteroatoms. The van der Waals surface area contributed by atoms with Gasteiger partial charge in [-0.15, -0.1) is 5.10 Å². The summed E-state index contributed by atoms with van der Waals surface area (Å²) in [6.07, 6.45) is 9.42. The summed E-state index contributed by atoms with van der Waals surface area (Å²) in [4.78, 5) is 2.48. The van der Waals surface area contributed by atoms with E-state index in [4.69, 9.17) is 4.74 Å². The predicted octanol–water partition coefficient (Wildman–Crippen LogP) is 2.18. The minimum Gasteiger partial charge on any atom is -0.378 e. The summed E-state index contributed by atoms with van der Waals surface area (Å²) in [5, 5.41) is 12.3. The topological polar surface area (TPSA) is 56.1 Å². The van der Waals surface area contributed by atoms with Gasteiger partial charge in [0.15, 0.2) is 5.82 Å². The van der Waals surface area contributed by atoms with E-state index in [0.29, 0.717) is 23.6 Å². The lowest BCUT2D eigenvalue weighted by Gasteiger charge is -2.57. The number of rotatable bonds is 6. The van der Waals surface area contributed by atoms with Gasteiger partial charge in [0, 0.05) is 18.1 Å². The van der Waals surface area contributed by atoms with Crippen LogP contribution in [0.25, 0.3) is 0 Å². The van der Waals surface area contributed by atoms with E-state index in [9.17, 15) is 0 Å². The molecule has 1 spiro atoms. The Labute approximate surface area is 132 Å². The van der Waals surface area contributed by atoms with Crippen LogP contribution in [0.1, 0.15) is 63.7 Å². The Kier molecular flexibility index (Phi) is 3.69. The summed E-state index contributed by atoms with van der Waals surface area (Å²) in [5.74, 6) is 1.03. The monoisotopic (exact) mass is 305 g/mol. The molecule has 4 rings (SSSR count). The van der Waals surface area contributed by atoms with E-state index in [2.05, 4.69) is 34.4 Å². The maximum absolute atomic E-state index is 6.03. The Morgan fingerprint density at radius 3 is 2.77 bits per heavy atom. The van der Waals surface area contributed by atoms with E-state index in [1.54, 1.807) is 0 Å². The quantitative estimate of drug-likeness (QED) is 0.806. The first kappa shape index (κ1) is 14.6. The van der Waals surface area contributed by atoms with Crippen molar-refractivity contribution >= 4 is 0 Å². The highest BCUT2D eigenvalue weighted by Gasteiger charge is 2.58. The van der Waals surface area contributed by atoms with Crippen molar-refractivity contribution in [1.29, 1.82) is 0 Å². The zero-order valence-electron chi connectivity index (χ0n) is 13.7. The number of nitrogens with zero attached hydrogens (tertiary/aromatic N) is 5. The molecule has 0 aliphatic heterocycles. The van der Waals surface area contributed by atoms with Crippen LogP contribution in [0.2, 0.25) is 0 Å². The highest BCUT2D eigenvalue weighted by Crippen LogP contribution is 2.56. The third-order valence-electron chi connectivity index (χ3n) is 6.02. The third kappa shape index (κ3) is 2.27. The summed E-state index contributed by atoms with van der Waals surface area (Å²) in [6.45, 7) is 3.81. The normalized spacial score (nSPS) is 30.1. The first-order chi connectivity index (χ1) is 10.7. The van der Waals surface area contributed by atoms with Gasteiger partial charge in [-0.25, -0.2) is 4.68 Å². The standard InChI is InChI=1S/C16H27N5O/c1-3-22-14-10-13(16(14)8-4-5-9-16)20(2)11-15-17-18-19-21(15)12-6-7-12/h12-14H,3-11H2,1-2H3/t13-,14+/m1/s1. The number of ether oxygens (including phenoxy) is 1. The average Bonchev–Trinajstić information content (AvgIpc) is 3.03. The van der Waals surface area contributed by atoms with E-state index in [1.807, 2.05) is 4.68 Å². The van der Waals surface area contributed by atoms with Gasteiger partial charge in [-0.05, 0) is 56.5 Å². The van der Waals surface area contributed by atoms with Crippen LogP contribution in [0.5, 0.6) is 0 Å². The summed E-state index contributed by atoms with van der Waals surface area (Å²) >= 11 is 0. The van der Waals surface area contributed by atoms with Crippen LogP contribution in [-0.2, 0) is 11.3 Å². The highest BCUT2D eigenvalue weighted by atomic mass is 16.5. The molecule has 0 radical (unpaired) electrons. The molecule has 122 valence electrons. The molecule has 0 saturated heterocycles. The van der Waals surface area contributed by atoms with E-state index >= 15 is 0 Å². The van der Waals surface area contributed by atoms with E-state index in [1.165, 1.54) is 38.5 Å². The maximum Gasteiger partial charge on any atom is 0.165 e. The fraction of sp³-hybridized carbons (Fsp3) is 0.938. The smallest absolute Gasteiger partial charge is 0.165 e. The van der Waals surface area contributed by atoms with Gasteiger partial charge in [-0.3, -0.25) is 4.90 Å². The lowest BCUT2D eigenvalue weighted by Crippen LogP contribution is -2.62. The average molecular weight is 305 g/mol. The van der Waals surface area contributed by atoms with Crippen molar-refractivity contribution < 1.29 is 4.74 Å². The molecule has 1 aromatic rings. The molecule has 0 unspecified atom stereocenters. The molecule has 0 amide bonds. The molecular formula is C16H27N5O. The van der Waals surface area contributed by atoms with Crippen LogP contribution < -0.4 is 0 Å². The fourth-order valence-corrected chi connectivity index (χ4v) is 4.72. The molecule has 3 aliphatic carbocycles. The second-order valence-corrected chi connectivity index (χ2v) is 7.32. The zero-order valence-corrected chi connectivity index (χ0v) is 13.7. The lowest BCUT2D eigenvalue weighted by atomic mass is 9.60. The second-order valence-electron chi connectivity index (χ2n) is 7.32. The molecule has 1 heterocycles. The molecule has 1 aromatic heterocycles. The summed E-state index contributed by atoms with van der Waals surface area (Å²) in [5.41, 5.74) is 0.391. The molecular weight excluding hydrogens is 278 g/mol. The molecule has 3 saturated carbocycles. The fourth-order valence-electron chi connectivity index (χ4n) is 4.72. The van der Waals surface area contributed by atoms with E-state index in [-0.39, 0.29) is 0 Å². The molecule has 3 fully saturated rings. The van der Waals surface area contributed by atoms with Crippen LogP contribution in [0.4, 0.5) is 0 Å². The van der Waals surface area contributed by atoms with Gasteiger partial charge in [0.05, 0.1) is 18.7 Å². The van der Waals surface area contributed by atoms with Crippen molar-refractivity contribution in [2.24, 2.45) is 5.41 Å². The number of aromatic nitrogens is 4. The third-order valence-corrected chi connectivity index (χ3v) is 6.02. The van der Waals surface area contributed by atoms with Gasteiger partial charge < -0.3 is 4.74 Å². The van der Waals surface area contributed by atoms with Crippen LogP contribution in [0, 0.1) is 5.41 Å².